The molecule has 0 aromatic heterocycles. The highest BCUT2D eigenvalue weighted by Crippen LogP contribution is 2.05. The van der Waals surface area contributed by atoms with Crippen molar-refractivity contribution in [2.24, 2.45) is 5.92 Å². The van der Waals surface area contributed by atoms with E-state index in [2.05, 4.69) is 10.6 Å². The maximum absolute atomic E-state index is 12.0. The van der Waals surface area contributed by atoms with E-state index in [-0.39, 0.29) is 24.3 Å². The van der Waals surface area contributed by atoms with Crippen molar-refractivity contribution in [1.82, 2.24) is 10.6 Å². The Kier molecular flexibility index (Phi) is 7.48. The zero-order valence-corrected chi connectivity index (χ0v) is 14.2. The summed E-state index contributed by atoms with van der Waals surface area (Å²) in [5.74, 6) is -0.249. The van der Waals surface area contributed by atoms with Gasteiger partial charge in [-0.15, -0.1) is 0 Å². The van der Waals surface area contributed by atoms with Gasteiger partial charge in [0.1, 0.15) is 0 Å². The molecular formula is C18H26N2O3. The molecule has 0 bridgehead atoms. The fraction of sp³-hybridized carbons (Fsp3) is 0.444. The molecule has 0 saturated heterocycles. The first kappa shape index (κ1) is 18.9. The van der Waals surface area contributed by atoms with Crippen LogP contribution < -0.4 is 10.6 Å². The second-order valence-corrected chi connectivity index (χ2v) is 6.16. The molecule has 0 fully saturated rings. The third-order valence-electron chi connectivity index (χ3n) is 3.34. The van der Waals surface area contributed by atoms with E-state index in [1.54, 1.807) is 30.3 Å². The van der Waals surface area contributed by atoms with Crippen molar-refractivity contribution in [2.75, 3.05) is 6.54 Å². The maximum atomic E-state index is 12.0. The molecule has 0 radical (unpaired) electrons. The second-order valence-electron chi connectivity index (χ2n) is 6.16. The van der Waals surface area contributed by atoms with Crippen molar-refractivity contribution in [1.29, 1.82) is 0 Å². The van der Waals surface area contributed by atoms with E-state index in [1.807, 2.05) is 27.7 Å². The number of carbonyl (C=O) groups excluding carboxylic acids is 2. The van der Waals surface area contributed by atoms with Gasteiger partial charge in [-0.25, -0.2) is 0 Å². The predicted octanol–water partition coefficient (Wildman–Crippen LogP) is 2.02. The molecule has 2 amide bonds. The summed E-state index contributed by atoms with van der Waals surface area (Å²) in [7, 11) is 0. The lowest BCUT2D eigenvalue weighted by molar-refractivity contribution is -0.116. The molecule has 1 unspecified atom stereocenters. The molecule has 0 aliphatic heterocycles. The molecule has 1 aromatic carbocycles. The van der Waals surface area contributed by atoms with Crippen LogP contribution in [0.25, 0.3) is 0 Å². The zero-order valence-electron chi connectivity index (χ0n) is 14.2. The Balaban J connectivity index is 2.51. The second kappa shape index (κ2) is 9.10. The lowest BCUT2D eigenvalue weighted by Crippen LogP contribution is -2.34. The molecule has 3 N–H and O–H groups in total. The van der Waals surface area contributed by atoms with Gasteiger partial charge in [0, 0.05) is 24.7 Å². The molecule has 0 heterocycles. The highest BCUT2D eigenvalue weighted by molar-refractivity contribution is 5.94. The van der Waals surface area contributed by atoms with E-state index in [0.717, 1.165) is 11.1 Å². The zero-order chi connectivity index (χ0) is 17.4. The Morgan fingerprint density at radius 1 is 1.13 bits per heavy atom. The summed E-state index contributed by atoms with van der Waals surface area (Å²) < 4.78 is 0. The molecule has 1 atom stereocenters. The van der Waals surface area contributed by atoms with Gasteiger partial charge >= 0.3 is 0 Å². The first-order valence-electron chi connectivity index (χ1n) is 7.77. The van der Waals surface area contributed by atoms with Gasteiger partial charge in [-0.2, -0.15) is 0 Å². The Morgan fingerprint density at radius 2 is 1.74 bits per heavy atom. The van der Waals surface area contributed by atoms with Crippen molar-refractivity contribution in [3.63, 3.8) is 0 Å². The molecule has 5 heteroatoms. The molecular weight excluding hydrogens is 292 g/mol. The smallest absolute Gasteiger partial charge is 0.251 e. The van der Waals surface area contributed by atoms with E-state index in [0.29, 0.717) is 12.1 Å². The van der Waals surface area contributed by atoms with Gasteiger partial charge in [-0.1, -0.05) is 31.6 Å². The highest BCUT2D eigenvalue weighted by atomic mass is 16.3. The van der Waals surface area contributed by atoms with E-state index >= 15 is 0 Å². The molecule has 126 valence electrons. The lowest BCUT2D eigenvalue weighted by atomic mass is 10.1. The first-order chi connectivity index (χ1) is 10.8. The van der Waals surface area contributed by atoms with Crippen LogP contribution in [-0.4, -0.2) is 29.6 Å². The first-order valence-corrected chi connectivity index (χ1v) is 7.77. The number of benzene rings is 1. The van der Waals surface area contributed by atoms with Crippen LogP contribution in [0.3, 0.4) is 0 Å². The average Bonchev–Trinajstić information content (AvgIpc) is 2.50. The van der Waals surface area contributed by atoms with Crippen LogP contribution in [-0.2, 0) is 11.3 Å². The number of aliphatic hydroxyl groups excluding tert-OH is 1. The summed E-state index contributed by atoms with van der Waals surface area (Å²) in [4.78, 5) is 23.5. The number of hydrogen-bond donors (Lipinski definition) is 3. The van der Waals surface area contributed by atoms with Crippen molar-refractivity contribution in [3.05, 3.63) is 47.0 Å². The molecule has 0 saturated carbocycles. The number of allylic oxidation sites excluding steroid dienone is 1. The fourth-order valence-corrected chi connectivity index (χ4v) is 1.81. The fourth-order valence-electron chi connectivity index (χ4n) is 1.81. The van der Waals surface area contributed by atoms with Crippen LogP contribution in [0.1, 0.15) is 43.6 Å². The molecule has 0 aliphatic carbocycles. The Bertz CT molecular complexity index is 558. The Hall–Kier alpha value is -2.14. The topological polar surface area (TPSA) is 78.4 Å². The number of nitrogens with one attached hydrogen (secondary N) is 2. The summed E-state index contributed by atoms with van der Waals surface area (Å²) in [5, 5.41) is 15.2. The van der Waals surface area contributed by atoms with Gasteiger partial charge < -0.3 is 15.7 Å². The van der Waals surface area contributed by atoms with Crippen LogP contribution in [0.15, 0.2) is 35.9 Å². The van der Waals surface area contributed by atoms with E-state index in [1.165, 1.54) is 0 Å². The van der Waals surface area contributed by atoms with Gasteiger partial charge in [-0.3, -0.25) is 9.59 Å². The quantitative estimate of drug-likeness (QED) is 0.673. The summed E-state index contributed by atoms with van der Waals surface area (Å²) >= 11 is 0. The Labute approximate surface area is 137 Å². The molecule has 0 aliphatic rings. The number of aliphatic hydroxyl groups is 1. The average molecular weight is 318 g/mol. The molecule has 23 heavy (non-hydrogen) atoms. The van der Waals surface area contributed by atoms with Crippen LogP contribution in [0.2, 0.25) is 0 Å². The predicted molar refractivity (Wildman–Crippen MR) is 90.9 cm³/mol. The van der Waals surface area contributed by atoms with Gasteiger partial charge in [0.25, 0.3) is 5.91 Å². The monoisotopic (exact) mass is 318 g/mol. The summed E-state index contributed by atoms with van der Waals surface area (Å²) in [6.45, 7) is 8.17. The Morgan fingerprint density at radius 3 is 2.26 bits per heavy atom. The normalized spacial score (nSPS) is 11.7. The van der Waals surface area contributed by atoms with Gasteiger partial charge in [0.05, 0.1) is 6.10 Å². The SMILES string of the molecule is CC(C)=CC(=O)NCc1ccc(C(=O)NCC(O)C(C)C)cc1. The van der Waals surface area contributed by atoms with Gasteiger partial charge in [0.2, 0.25) is 5.91 Å². The molecule has 5 nitrogen and oxygen atoms in total. The number of rotatable bonds is 7. The van der Waals surface area contributed by atoms with Crippen molar-refractivity contribution in [2.45, 2.75) is 40.3 Å². The van der Waals surface area contributed by atoms with E-state index in [4.69, 9.17) is 0 Å². The van der Waals surface area contributed by atoms with Crippen LogP contribution >= 0.6 is 0 Å². The van der Waals surface area contributed by atoms with Crippen LogP contribution in [0.4, 0.5) is 0 Å². The van der Waals surface area contributed by atoms with E-state index < -0.39 is 6.10 Å². The van der Waals surface area contributed by atoms with Crippen LogP contribution in [0.5, 0.6) is 0 Å². The van der Waals surface area contributed by atoms with Crippen molar-refractivity contribution in [3.8, 4) is 0 Å². The third-order valence-corrected chi connectivity index (χ3v) is 3.34. The minimum absolute atomic E-state index is 0.0992. The molecule has 1 aromatic rings. The maximum Gasteiger partial charge on any atom is 0.251 e. The lowest BCUT2D eigenvalue weighted by Gasteiger charge is -2.15. The van der Waals surface area contributed by atoms with Gasteiger partial charge in [0.15, 0.2) is 0 Å². The summed E-state index contributed by atoms with van der Waals surface area (Å²) in [6.07, 6.45) is 0.991. The molecule has 1 rings (SSSR count). The number of amides is 2. The summed E-state index contributed by atoms with van der Waals surface area (Å²) in [5.41, 5.74) is 2.39. The van der Waals surface area contributed by atoms with Crippen molar-refractivity contribution < 1.29 is 14.7 Å². The minimum Gasteiger partial charge on any atom is -0.391 e. The van der Waals surface area contributed by atoms with Crippen molar-refractivity contribution >= 4 is 11.8 Å². The van der Waals surface area contributed by atoms with Crippen LogP contribution in [0, 0.1) is 5.92 Å². The van der Waals surface area contributed by atoms with Gasteiger partial charge in [-0.05, 0) is 37.5 Å². The number of hydrogen-bond acceptors (Lipinski definition) is 3. The summed E-state index contributed by atoms with van der Waals surface area (Å²) in [6, 6.07) is 7.02. The highest BCUT2D eigenvalue weighted by Gasteiger charge is 2.11. The molecule has 0 spiro atoms. The third kappa shape index (κ3) is 7.10. The number of carbonyl (C=O) groups is 2. The van der Waals surface area contributed by atoms with E-state index in [9.17, 15) is 14.7 Å². The standard InChI is InChI=1S/C18H26N2O3/c1-12(2)9-17(22)19-10-14-5-7-15(8-6-14)18(23)20-11-16(21)13(3)4/h5-9,13,16,21H,10-11H2,1-4H3,(H,19,22)(H,20,23). The minimum atomic E-state index is -0.552. The largest absolute Gasteiger partial charge is 0.391 e.